The lowest BCUT2D eigenvalue weighted by Crippen LogP contribution is -2.10. The average Bonchev–Trinajstić information content (AvgIpc) is 2.44. The highest BCUT2D eigenvalue weighted by atomic mass is 16.1. The number of H-pyrrole nitrogens is 1. The molecule has 0 unspecified atom stereocenters. The highest BCUT2D eigenvalue weighted by molar-refractivity contribution is 5.81. The number of anilines is 1. The number of nitrogens with one attached hydrogen (secondary N) is 2. The quantitative estimate of drug-likeness (QED) is 0.762. The minimum absolute atomic E-state index is 0.106. The zero-order valence-electron chi connectivity index (χ0n) is 11.1. The van der Waals surface area contributed by atoms with Gasteiger partial charge in [-0.25, -0.2) is 9.97 Å². The molecule has 0 amide bonds. The Morgan fingerprint density at radius 3 is 2.95 bits per heavy atom. The van der Waals surface area contributed by atoms with Crippen LogP contribution in [0, 0.1) is 6.92 Å². The molecular formula is C15H14N4O. The molecule has 2 aromatic heterocycles. The molecule has 1 aromatic carbocycles. The first-order valence-corrected chi connectivity index (χ1v) is 6.37. The van der Waals surface area contributed by atoms with E-state index in [1.54, 1.807) is 12.3 Å². The monoisotopic (exact) mass is 266 g/mol. The summed E-state index contributed by atoms with van der Waals surface area (Å²) in [6.07, 6.45) is 1.71. The van der Waals surface area contributed by atoms with Crippen LogP contribution in [0.5, 0.6) is 0 Å². The lowest BCUT2D eigenvalue weighted by molar-refractivity contribution is 1.03. The maximum absolute atomic E-state index is 11.7. The highest BCUT2D eigenvalue weighted by Gasteiger charge is 2.04. The number of hydrogen-bond donors (Lipinski definition) is 2. The molecule has 2 N–H and O–H groups in total. The van der Waals surface area contributed by atoms with Gasteiger partial charge in [-0.15, -0.1) is 0 Å². The number of hydrogen-bond acceptors (Lipinski definition) is 4. The molecule has 0 saturated carbocycles. The molecule has 0 aliphatic heterocycles. The van der Waals surface area contributed by atoms with E-state index in [0.29, 0.717) is 12.5 Å². The van der Waals surface area contributed by atoms with Crippen molar-refractivity contribution < 1.29 is 0 Å². The Morgan fingerprint density at radius 2 is 2.10 bits per heavy atom. The molecule has 0 saturated heterocycles. The van der Waals surface area contributed by atoms with Crippen LogP contribution in [0.4, 0.5) is 5.95 Å². The lowest BCUT2D eigenvalue weighted by atomic mass is 10.1. The third-order valence-electron chi connectivity index (χ3n) is 3.07. The molecule has 20 heavy (non-hydrogen) atoms. The van der Waals surface area contributed by atoms with E-state index >= 15 is 0 Å². The topological polar surface area (TPSA) is 70.7 Å². The molecule has 0 radical (unpaired) electrons. The average molecular weight is 266 g/mol. The second kappa shape index (κ2) is 5.13. The maximum atomic E-state index is 11.7. The summed E-state index contributed by atoms with van der Waals surface area (Å²) in [6.45, 7) is 2.42. The summed E-state index contributed by atoms with van der Waals surface area (Å²) >= 11 is 0. The van der Waals surface area contributed by atoms with Gasteiger partial charge in [-0.05, 0) is 24.6 Å². The Bertz CT molecular complexity index is 810. The summed E-state index contributed by atoms with van der Waals surface area (Å²) in [4.78, 5) is 22.9. The van der Waals surface area contributed by atoms with E-state index in [1.807, 2.05) is 37.3 Å². The largest absolute Gasteiger partial charge is 0.350 e. The molecular weight excluding hydrogens is 252 g/mol. The number of benzene rings is 1. The molecule has 0 atom stereocenters. The van der Waals surface area contributed by atoms with Crippen LogP contribution in [-0.4, -0.2) is 15.0 Å². The van der Waals surface area contributed by atoms with E-state index in [4.69, 9.17) is 0 Å². The number of pyridine rings is 1. The Kier molecular flexibility index (Phi) is 3.16. The van der Waals surface area contributed by atoms with Crippen LogP contribution in [0.1, 0.15) is 11.3 Å². The van der Waals surface area contributed by atoms with E-state index in [1.165, 1.54) is 0 Å². The molecule has 100 valence electrons. The van der Waals surface area contributed by atoms with Crippen LogP contribution >= 0.6 is 0 Å². The van der Waals surface area contributed by atoms with Gasteiger partial charge in [-0.2, -0.15) is 0 Å². The van der Waals surface area contributed by atoms with Gasteiger partial charge in [0.1, 0.15) is 0 Å². The first-order valence-electron chi connectivity index (χ1n) is 6.37. The molecule has 0 fully saturated rings. The van der Waals surface area contributed by atoms with Crippen molar-refractivity contribution in [2.75, 3.05) is 5.32 Å². The molecule has 0 aliphatic rings. The van der Waals surface area contributed by atoms with E-state index in [-0.39, 0.29) is 5.56 Å². The van der Waals surface area contributed by atoms with Gasteiger partial charge in [0.15, 0.2) is 0 Å². The third-order valence-corrected chi connectivity index (χ3v) is 3.07. The minimum atomic E-state index is -0.106. The summed E-state index contributed by atoms with van der Waals surface area (Å²) in [5.41, 5.74) is 2.56. The normalized spacial score (nSPS) is 10.7. The SMILES string of the molecule is Cc1ccnc(NCc2cc(=O)[nH]c3ccccc23)n1. The first-order chi connectivity index (χ1) is 9.72. The molecule has 3 rings (SSSR count). The van der Waals surface area contributed by atoms with Crippen molar-refractivity contribution in [2.24, 2.45) is 0 Å². The molecule has 0 spiro atoms. The fourth-order valence-electron chi connectivity index (χ4n) is 2.13. The number of fused-ring (bicyclic) bond motifs is 1. The Labute approximate surface area is 115 Å². The van der Waals surface area contributed by atoms with Crippen molar-refractivity contribution in [2.45, 2.75) is 13.5 Å². The Balaban J connectivity index is 1.93. The number of rotatable bonds is 3. The number of aryl methyl sites for hydroxylation is 1. The van der Waals surface area contributed by atoms with Gasteiger partial charge < -0.3 is 10.3 Å². The summed E-state index contributed by atoms with van der Waals surface area (Å²) in [6, 6.07) is 11.2. The zero-order valence-corrected chi connectivity index (χ0v) is 11.1. The summed E-state index contributed by atoms with van der Waals surface area (Å²) in [5, 5.41) is 4.17. The van der Waals surface area contributed by atoms with Crippen LogP contribution in [0.3, 0.4) is 0 Å². The minimum Gasteiger partial charge on any atom is -0.350 e. The highest BCUT2D eigenvalue weighted by Crippen LogP contribution is 2.15. The molecule has 5 nitrogen and oxygen atoms in total. The van der Waals surface area contributed by atoms with Gasteiger partial charge in [-0.3, -0.25) is 4.79 Å². The summed E-state index contributed by atoms with van der Waals surface area (Å²) in [5.74, 6) is 0.564. The van der Waals surface area contributed by atoms with E-state index in [0.717, 1.165) is 22.2 Å². The van der Waals surface area contributed by atoms with Crippen molar-refractivity contribution in [3.63, 3.8) is 0 Å². The van der Waals surface area contributed by atoms with E-state index in [9.17, 15) is 4.79 Å². The molecule has 2 heterocycles. The van der Waals surface area contributed by atoms with Crippen LogP contribution < -0.4 is 10.9 Å². The standard InChI is InChI=1S/C15H14N4O/c1-10-6-7-16-15(18-10)17-9-11-8-14(20)19-13-5-3-2-4-12(11)13/h2-8H,9H2,1H3,(H,19,20)(H,16,17,18). The number of aromatic amines is 1. The van der Waals surface area contributed by atoms with E-state index < -0.39 is 0 Å². The van der Waals surface area contributed by atoms with Crippen molar-refractivity contribution in [1.82, 2.24) is 15.0 Å². The fraction of sp³-hybridized carbons (Fsp3) is 0.133. The lowest BCUT2D eigenvalue weighted by Gasteiger charge is -2.08. The Morgan fingerprint density at radius 1 is 1.25 bits per heavy atom. The van der Waals surface area contributed by atoms with Gasteiger partial charge in [0.2, 0.25) is 11.5 Å². The summed E-state index contributed by atoms with van der Waals surface area (Å²) < 4.78 is 0. The zero-order chi connectivity index (χ0) is 13.9. The first kappa shape index (κ1) is 12.3. The Hall–Kier alpha value is -2.69. The van der Waals surface area contributed by atoms with Crippen molar-refractivity contribution in [3.05, 3.63) is 64.2 Å². The summed E-state index contributed by atoms with van der Waals surface area (Å²) in [7, 11) is 0. The van der Waals surface area contributed by atoms with Gasteiger partial charge in [0.05, 0.1) is 0 Å². The maximum Gasteiger partial charge on any atom is 0.248 e. The predicted octanol–water partition coefficient (Wildman–Crippen LogP) is 2.24. The van der Waals surface area contributed by atoms with Crippen LogP contribution in [0.15, 0.2) is 47.4 Å². The van der Waals surface area contributed by atoms with E-state index in [2.05, 4.69) is 20.3 Å². The predicted molar refractivity (Wildman–Crippen MR) is 78.7 cm³/mol. The van der Waals surface area contributed by atoms with Gasteiger partial charge >= 0.3 is 0 Å². The molecule has 3 aromatic rings. The van der Waals surface area contributed by atoms with Crippen molar-refractivity contribution >= 4 is 16.9 Å². The molecule has 5 heteroatoms. The number of para-hydroxylation sites is 1. The third kappa shape index (κ3) is 2.51. The van der Waals surface area contributed by atoms with Crippen molar-refractivity contribution in [3.8, 4) is 0 Å². The second-order valence-electron chi connectivity index (χ2n) is 4.58. The van der Waals surface area contributed by atoms with Gasteiger partial charge in [-0.1, -0.05) is 18.2 Å². The van der Waals surface area contributed by atoms with Crippen LogP contribution in [-0.2, 0) is 6.54 Å². The molecule has 0 aliphatic carbocycles. The smallest absolute Gasteiger partial charge is 0.248 e. The molecule has 0 bridgehead atoms. The number of nitrogens with zero attached hydrogens (tertiary/aromatic N) is 2. The number of aromatic nitrogens is 3. The fourth-order valence-corrected chi connectivity index (χ4v) is 2.13. The van der Waals surface area contributed by atoms with Crippen molar-refractivity contribution in [1.29, 1.82) is 0 Å². The van der Waals surface area contributed by atoms with Crippen LogP contribution in [0.2, 0.25) is 0 Å². The van der Waals surface area contributed by atoms with Crippen LogP contribution in [0.25, 0.3) is 10.9 Å². The second-order valence-corrected chi connectivity index (χ2v) is 4.58. The van der Waals surface area contributed by atoms with Gasteiger partial charge in [0, 0.05) is 35.4 Å². The van der Waals surface area contributed by atoms with Gasteiger partial charge in [0.25, 0.3) is 0 Å².